The monoisotopic (exact) mass is 524 g/mol. The maximum Gasteiger partial charge on any atom is 0.343 e. The predicted molar refractivity (Wildman–Crippen MR) is 134 cm³/mol. The summed E-state index contributed by atoms with van der Waals surface area (Å²) >= 11 is 3.39. The molecule has 0 bridgehead atoms. The van der Waals surface area contributed by atoms with Crippen molar-refractivity contribution < 1.29 is 23.8 Å². The minimum absolute atomic E-state index is 0.182. The summed E-state index contributed by atoms with van der Waals surface area (Å²) in [6.45, 7) is 4.42. The summed E-state index contributed by atoms with van der Waals surface area (Å²) in [5.41, 5.74) is 4.40. The highest BCUT2D eigenvalue weighted by atomic mass is 79.9. The van der Waals surface area contributed by atoms with Crippen molar-refractivity contribution in [2.75, 3.05) is 13.2 Å². The fourth-order valence-corrected chi connectivity index (χ4v) is 3.15. The van der Waals surface area contributed by atoms with Gasteiger partial charge in [0.05, 0.1) is 18.4 Å². The van der Waals surface area contributed by atoms with Crippen LogP contribution in [0, 0.1) is 6.92 Å². The summed E-state index contributed by atoms with van der Waals surface area (Å²) in [5.74, 6) is 0.645. The number of nitrogens with one attached hydrogen (secondary N) is 1. The van der Waals surface area contributed by atoms with Crippen LogP contribution in [0.3, 0.4) is 0 Å². The van der Waals surface area contributed by atoms with Crippen LogP contribution in [0.5, 0.6) is 17.2 Å². The zero-order valence-electron chi connectivity index (χ0n) is 18.9. The summed E-state index contributed by atoms with van der Waals surface area (Å²) < 4.78 is 17.3. The molecule has 3 aromatic rings. The van der Waals surface area contributed by atoms with Gasteiger partial charge in [0.2, 0.25) is 0 Å². The molecular formula is C26H25BrN2O5. The Morgan fingerprint density at radius 1 is 0.971 bits per heavy atom. The lowest BCUT2D eigenvalue weighted by atomic mass is 10.2. The van der Waals surface area contributed by atoms with Gasteiger partial charge >= 0.3 is 5.97 Å². The van der Waals surface area contributed by atoms with E-state index in [0.29, 0.717) is 35.0 Å². The van der Waals surface area contributed by atoms with Gasteiger partial charge in [0.1, 0.15) is 17.2 Å². The Balaban J connectivity index is 1.59. The minimum atomic E-state index is -0.519. The number of carbonyl (C=O) groups excluding carboxylic acids is 2. The lowest BCUT2D eigenvalue weighted by molar-refractivity contribution is -0.123. The molecule has 3 aromatic carbocycles. The van der Waals surface area contributed by atoms with Crippen LogP contribution in [-0.4, -0.2) is 31.3 Å². The smallest absolute Gasteiger partial charge is 0.343 e. The molecule has 0 heterocycles. The van der Waals surface area contributed by atoms with Crippen LogP contribution < -0.4 is 19.6 Å². The van der Waals surface area contributed by atoms with Gasteiger partial charge in [-0.15, -0.1) is 0 Å². The average Bonchev–Trinajstić information content (AvgIpc) is 2.84. The molecule has 1 amide bonds. The molecule has 0 atom stereocenters. The third-order valence-electron chi connectivity index (χ3n) is 4.52. The highest BCUT2D eigenvalue weighted by Crippen LogP contribution is 2.23. The largest absolute Gasteiger partial charge is 0.494 e. The number of hydrogen-bond acceptors (Lipinski definition) is 6. The van der Waals surface area contributed by atoms with Crippen molar-refractivity contribution in [1.82, 2.24) is 5.43 Å². The average molecular weight is 525 g/mol. The lowest BCUT2D eigenvalue weighted by Gasteiger charge is -2.09. The first-order valence-electron chi connectivity index (χ1n) is 10.7. The summed E-state index contributed by atoms with van der Waals surface area (Å²) in [4.78, 5) is 24.6. The fourth-order valence-electron chi connectivity index (χ4n) is 2.77. The van der Waals surface area contributed by atoms with Crippen LogP contribution in [-0.2, 0) is 4.79 Å². The standard InChI is InChI=1S/C26H25BrN2O5/c1-3-14-32-22-11-6-19(7-12-22)26(31)34-24-13-8-21(27)15-20(24)16-28-29-25(30)17-33-23-9-4-18(2)5-10-23/h4-13,15-16H,3,14,17H2,1-2H3,(H,29,30)/b28-16+. The number of benzene rings is 3. The second kappa shape index (κ2) is 12.6. The first-order valence-corrected chi connectivity index (χ1v) is 11.5. The molecule has 8 heteroatoms. The molecule has 1 N–H and O–H groups in total. The van der Waals surface area contributed by atoms with Crippen molar-refractivity contribution in [1.29, 1.82) is 0 Å². The SMILES string of the molecule is CCCOc1ccc(C(=O)Oc2ccc(Br)cc2/C=N/NC(=O)COc2ccc(C)cc2)cc1. The molecule has 0 aromatic heterocycles. The Bertz CT molecular complexity index is 1140. The Labute approximate surface area is 206 Å². The summed E-state index contributed by atoms with van der Waals surface area (Å²) in [6.07, 6.45) is 2.30. The Morgan fingerprint density at radius 3 is 2.35 bits per heavy atom. The second-order valence-electron chi connectivity index (χ2n) is 7.34. The van der Waals surface area contributed by atoms with E-state index in [1.54, 1.807) is 54.6 Å². The normalized spacial score (nSPS) is 10.7. The van der Waals surface area contributed by atoms with E-state index < -0.39 is 11.9 Å². The van der Waals surface area contributed by atoms with E-state index in [1.165, 1.54) is 6.21 Å². The topological polar surface area (TPSA) is 86.2 Å². The Kier molecular flexibility index (Phi) is 9.22. The molecule has 0 saturated carbocycles. The number of hydrogen-bond donors (Lipinski definition) is 1. The van der Waals surface area contributed by atoms with Gasteiger partial charge < -0.3 is 14.2 Å². The van der Waals surface area contributed by atoms with Gasteiger partial charge in [-0.2, -0.15) is 5.10 Å². The van der Waals surface area contributed by atoms with E-state index in [2.05, 4.69) is 26.5 Å². The number of carbonyl (C=O) groups is 2. The van der Waals surface area contributed by atoms with Crippen LogP contribution in [0.25, 0.3) is 0 Å². The summed E-state index contributed by atoms with van der Waals surface area (Å²) in [6, 6.07) is 19.2. The van der Waals surface area contributed by atoms with Gasteiger partial charge in [0.15, 0.2) is 6.61 Å². The van der Waals surface area contributed by atoms with E-state index >= 15 is 0 Å². The van der Waals surface area contributed by atoms with Crippen LogP contribution in [0.4, 0.5) is 0 Å². The number of amides is 1. The number of hydrazone groups is 1. The zero-order valence-corrected chi connectivity index (χ0v) is 20.5. The van der Waals surface area contributed by atoms with Crippen LogP contribution in [0.2, 0.25) is 0 Å². The molecule has 0 aliphatic rings. The van der Waals surface area contributed by atoms with E-state index in [-0.39, 0.29) is 6.61 Å². The quantitative estimate of drug-likeness (QED) is 0.168. The maximum absolute atomic E-state index is 12.6. The zero-order chi connectivity index (χ0) is 24.3. The molecule has 176 valence electrons. The van der Waals surface area contributed by atoms with Gasteiger partial charge in [-0.3, -0.25) is 4.79 Å². The number of nitrogens with zero attached hydrogens (tertiary/aromatic N) is 1. The Hall–Kier alpha value is -3.65. The lowest BCUT2D eigenvalue weighted by Crippen LogP contribution is -2.24. The number of rotatable bonds is 10. The third-order valence-corrected chi connectivity index (χ3v) is 5.01. The predicted octanol–water partition coefficient (Wildman–Crippen LogP) is 5.29. The van der Waals surface area contributed by atoms with E-state index in [9.17, 15) is 9.59 Å². The number of esters is 1. The molecule has 0 unspecified atom stereocenters. The molecule has 0 saturated heterocycles. The van der Waals surface area contributed by atoms with Crippen LogP contribution in [0.15, 0.2) is 76.3 Å². The van der Waals surface area contributed by atoms with Gasteiger partial charge in [0.25, 0.3) is 5.91 Å². The van der Waals surface area contributed by atoms with Crippen LogP contribution >= 0.6 is 15.9 Å². The van der Waals surface area contributed by atoms with Crippen molar-refractivity contribution in [2.45, 2.75) is 20.3 Å². The Morgan fingerprint density at radius 2 is 1.65 bits per heavy atom. The first-order chi connectivity index (χ1) is 16.4. The van der Waals surface area contributed by atoms with Crippen LogP contribution in [0.1, 0.15) is 34.8 Å². The molecule has 7 nitrogen and oxygen atoms in total. The number of ether oxygens (including phenoxy) is 3. The second-order valence-corrected chi connectivity index (χ2v) is 8.26. The van der Waals surface area contributed by atoms with Gasteiger partial charge in [0, 0.05) is 10.0 Å². The van der Waals surface area contributed by atoms with Gasteiger partial charge in [-0.25, -0.2) is 10.2 Å². The van der Waals surface area contributed by atoms with Crippen molar-refractivity contribution in [3.05, 3.63) is 87.9 Å². The highest BCUT2D eigenvalue weighted by molar-refractivity contribution is 9.10. The molecular weight excluding hydrogens is 500 g/mol. The molecule has 0 radical (unpaired) electrons. The molecule has 0 aliphatic heterocycles. The highest BCUT2D eigenvalue weighted by Gasteiger charge is 2.12. The van der Waals surface area contributed by atoms with Gasteiger partial charge in [-0.1, -0.05) is 40.5 Å². The van der Waals surface area contributed by atoms with E-state index in [1.807, 2.05) is 26.0 Å². The molecule has 3 rings (SSSR count). The molecule has 34 heavy (non-hydrogen) atoms. The van der Waals surface area contributed by atoms with E-state index in [4.69, 9.17) is 14.2 Å². The minimum Gasteiger partial charge on any atom is -0.494 e. The molecule has 0 aliphatic carbocycles. The van der Waals surface area contributed by atoms with Crippen molar-refractivity contribution in [3.63, 3.8) is 0 Å². The first kappa shape index (κ1) is 25.0. The van der Waals surface area contributed by atoms with Crippen molar-refractivity contribution in [3.8, 4) is 17.2 Å². The fraction of sp³-hybridized carbons (Fsp3) is 0.192. The van der Waals surface area contributed by atoms with Crippen molar-refractivity contribution in [2.24, 2.45) is 5.10 Å². The van der Waals surface area contributed by atoms with Crippen molar-refractivity contribution >= 4 is 34.0 Å². The molecule has 0 spiro atoms. The number of halogens is 1. The number of aryl methyl sites for hydroxylation is 1. The maximum atomic E-state index is 12.6. The summed E-state index contributed by atoms with van der Waals surface area (Å²) in [7, 11) is 0. The van der Waals surface area contributed by atoms with E-state index in [0.717, 1.165) is 16.5 Å². The summed E-state index contributed by atoms with van der Waals surface area (Å²) in [5, 5.41) is 3.96. The molecule has 0 fully saturated rings. The third kappa shape index (κ3) is 7.74. The van der Waals surface area contributed by atoms with Gasteiger partial charge in [-0.05, 0) is 67.9 Å².